The summed E-state index contributed by atoms with van der Waals surface area (Å²) >= 11 is 5.95. The van der Waals surface area contributed by atoms with Gasteiger partial charge in [-0.05, 0) is 97.9 Å². The van der Waals surface area contributed by atoms with Crippen molar-refractivity contribution in [3.63, 3.8) is 0 Å². The van der Waals surface area contributed by atoms with Crippen LogP contribution in [0.1, 0.15) is 80.4 Å². The van der Waals surface area contributed by atoms with Crippen molar-refractivity contribution in [3.8, 4) is 11.3 Å². The quantitative estimate of drug-likeness (QED) is 0.0527. The topological polar surface area (TPSA) is 201 Å². The molecule has 0 saturated carbocycles. The molecule has 6 aromatic rings. The van der Waals surface area contributed by atoms with E-state index in [1.807, 2.05) is 118 Å². The van der Waals surface area contributed by atoms with Crippen LogP contribution in [0, 0.1) is 0 Å². The summed E-state index contributed by atoms with van der Waals surface area (Å²) in [5.74, 6) is 0. The smallest absolute Gasteiger partial charge is 0.444 e. The number of ether oxygens (including phenoxy) is 4. The van der Waals surface area contributed by atoms with Gasteiger partial charge in [-0.1, -0.05) is 99.4 Å². The van der Waals surface area contributed by atoms with E-state index in [9.17, 15) is 9.59 Å². The highest BCUT2D eigenvalue weighted by Crippen LogP contribution is 2.36. The van der Waals surface area contributed by atoms with Gasteiger partial charge in [-0.3, -0.25) is 0 Å². The lowest BCUT2D eigenvalue weighted by molar-refractivity contribution is 0.00578. The second-order valence-corrected chi connectivity index (χ2v) is 35.2. The van der Waals surface area contributed by atoms with Crippen LogP contribution in [0.25, 0.3) is 33.3 Å². The molecule has 2 aromatic carbocycles. The van der Waals surface area contributed by atoms with Crippen molar-refractivity contribution in [2.45, 2.75) is 170 Å². The monoisotopic (exact) mass is 1070 g/mol. The number of fused-ring (bicyclic) bond motifs is 2. The second-order valence-electron chi connectivity index (χ2n) is 23.6. The number of carbonyl (C=O) groups is 2. The van der Waals surface area contributed by atoms with E-state index in [0.717, 1.165) is 69.6 Å². The largest absolute Gasteiger partial charge is 0.494 e. The number of hydrogen-bond donors (Lipinski definition) is 2. The lowest BCUT2D eigenvalue weighted by Gasteiger charge is -2.32. The zero-order valence-corrected chi connectivity index (χ0v) is 49.1. The molecule has 0 radical (unpaired) electrons. The molecule has 18 nitrogen and oxygen atoms in total. The molecule has 1 saturated heterocycles. The van der Waals surface area contributed by atoms with Crippen molar-refractivity contribution in [3.05, 3.63) is 89.9 Å². The Morgan fingerprint density at radius 2 is 1.05 bits per heavy atom. The molecular weight excluding hydrogens is 995 g/mol. The van der Waals surface area contributed by atoms with E-state index < -0.39 is 39.5 Å². The molecule has 7 rings (SSSR count). The Bertz CT molecular complexity index is 2750. The van der Waals surface area contributed by atoms with E-state index in [0.29, 0.717) is 37.4 Å². The predicted molar refractivity (Wildman–Crippen MR) is 298 cm³/mol. The fraction of sp³-hybridized carbons (Fsp3) is 0.538. The Morgan fingerprint density at radius 1 is 0.635 bits per heavy atom. The fourth-order valence-electron chi connectivity index (χ4n) is 6.76. The lowest BCUT2D eigenvalue weighted by atomic mass is 9.79. The summed E-state index contributed by atoms with van der Waals surface area (Å²) in [6.07, 6.45) is 5.58. The maximum Gasteiger partial charge on any atom is 0.494 e. The van der Waals surface area contributed by atoms with E-state index in [-0.39, 0.29) is 18.3 Å². The van der Waals surface area contributed by atoms with Crippen LogP contribution in [0.15, 0.2) is 73.6 Å². The summed E-state index contributed by atoms with van der Waals surface area (Å²) in [5, 5.41) is 16.2. The van der Waals surface area contributed by atoms with Gasteiger partial charge in [0.25, 0.3) is 0 Å². The molecule has 1 aliphatic rings. The number of rotatable bonds is 16. The molecular formula is C52H78BClN10O8Si2. The van der Waals surface area contributed by atoms with Crippen LogP contribution < -0.4 is 16.1 Å². The Labute approximate surface area is 444 Å². The average Bonchev–Trinajstić information content (AvgIpc) is 3.97. The Morgan fingerprint density at radius 3 is 1.50 bits per heavy atom. The van der Waals surface area contributed by atoms with Crippen LogP contribution in [0.2, 0.25) is 56.5 Å². The van der Waals surface area contributed by atoms with E-state index in [1.54, 1.807) is 28.1 Å². The van der Waals surface area contributed by atoms with Gasteiger partial charge < -0.3 is 38.9 Å². The first-order chi connectivity index (χ1) is 34.4. The first-order valence-corrected chi connectivity index (χ1v) is 32.8. The number of hydrogen-bond acceptors (Lipinski definition) is 14. The summed E-state index contributed by atoms with van der Waals surface area (Å²) in [7, 11) is -2.54. The van der Waals surface area contributed by atoms with Gasteiger partial charge in [0.2, 0.25) is 0 Å². The van der Waals surface area contributed by atoms with Crippen LogP contribution in [0.3, 0.4) is 0 Å². The van der Waals surface area contributed by atoms with E-state index in [4.69, 9.17) is 39.9 Å². The molecule has 1 aliphatic heterocycles. The second kappa shape index (κ2) is 25.0. The predicted octanol–water partition coefficient (Wildman–Crippen LogP) is 10.6. The van der Waals surface area contributed by atoms with Crippen molar-refractivity contribution in [1.82, 2.24) is 50.1 Å². The van der Waals surface area contributed by atoms with Gasteiger partial charge in [0.1, 0.15) is 42.5 Å². The summed E-state index contributed by atoms with van der Waals surface area (Å²) in [5.41, 5.74) is 4.44. The number of benzene rings is 2. The SMILES string of the molecule is CC(C)(C)OC(=O)NCc1ccc(-c2ncnc3c2cnn3COCC[Si](C)(C)C)cc1.CC(C)(C)OC(=O)NCc1ccc(B2OC(C)(C)C(C)(C)O2)cc1.C[Si](C)(C)CCOCn1ncc2c(Cl)ncnc21. The molecule has 2 amide bonds. The summed E-state index contributed by atoms with van der Waals surface area (Å²) in [6.45, 7) is 36.2. The van der Waals surface area contributed by atoms with Crippen molar-refractivity contribution < 1.29 is 37.8 Å². The normalized spacial score (nSPS) is 14.5. The third kappa shape index (κ3) is 18.8. The average molecular weight is 1070 g/mol. The summed E-state index contributed by atoms with van der Waals surface area (Å²) in [6, 6.07) is 18.0. The molecule has 0 aliphatic carbocycles. The van der Waals surface area contributed by atoms with Gasteiger partial charge in [-0.2, -0.15) is 10.2 Å². The van der Waals surface area contributed by atoms with E-state index >= 15 is 0 Å². The van der Waals surface area contributed by atoms with E-state index in [1.165, 1.54) is 6.33 Å². The molecule has 0 atom stereocenters. The molecule has 4 aromatic heterocycles. The molecule has 1 fully saturated rings. The van der Waals surface area contributed by atoms with Gasteiger partial charge in [0, 0.05) is 48.0 Å². The highest BCUT2D eigenvalue weighted by atomic mass is 35.5. The van der Waals surface area contributed by atoms with Crippen LogP contribution >= 0.6 is 11.6 Å². The van der Waals surface area contributed by atoms with Gasteiger partial charge >= 0.3 is 19.3 Å². The van der Waals surface area contributed by atoms with Gasteiger partial charge in [-0.15, -0.1) is 0 Å². The lowest BCUT2D eigenvalue weighted by Crippen LogP contribution is -2.41. The van der Waals surface area contributed by atoms with Gasteiger partial charge in [0.05, 0.1) is 40.1 Å². The number of alkyl carbamates (subject to hydrolysis) is 2. The number of aromatic nitrogens is 8. The van der Waals surface area contributed by atoms with Crippen molar-refractivity contribution >= 4 is 74.6 Å². The third-order valence-electron chi connectivity index (χ3n) is 11.6. The van der Waals surface area contributed by atoms with Crippen LogP contribution in [0.5, 0.6) is 0 Å². The van der Waals surface area contributed by atoms with Crippen LogP contribution in [-0.4, -0.2) is 111 Å². The van der Waals surface area contributed by atoms with Crippen molar-refractivity contribution in [2.75, 3.05) is 13.2 Å². The molecule has 5 heterocycles. The maximum absolute atomic E-state index is 11.8. The Kier molecular flexibility index (Phi) is 20.2. The molecule has 74 heavy (non-hydrogen) atoms. The van der Waals surface area contributed by atoms with E-state index in [2.05, 4.69) is 80.0 Å². The molecule has 0 spiro atoms. The minimum absolute atomic E-state index is 0.353. The highest BCUT2D eigenvalue weighted by molar-refractivity contribution is 6.76. The maximum atomic E-state index is 11.8. The highest BCUT2D eigenvalue weighted by Gasteiger charge is 2.51. The van der Waals surface area contributed by atoms with Crippen LogP contribution in [-0.2, 0) is 54.8 Å². The first-order valence-electron chi connectivity index (χ1n) is 25.0. The number of amides is 2. The molecule has 402 valence electrons. The summed E-state index contributed by atoms with van der Waals surface area (Å²) in [4.78, 5) is 40.5. The molecule has 0 bridgehead atoms. The molecule has 2 N–H and O–H groups in total. The number of carbonyl (C=O) groups excluding carboxylic acids is 2. The zero-order chi connectivity index (χ0) is 54.7. The number of halogens is 1. The Balaban J connectivity index is 0.000000214. The number of nitrogens with one attached hydrogen (secondary N) is 2. The zero-order valence-electron chi connectivity index (χ0n) is 46.4. The van der Waals surface area contributed by atoms with Gasteiger partial charge in [0.15, 0.2) is 11.3 Å². The first kappa shape index (κ1) is 59.6. The number of nitrogens with zero attached hydrogens (tertiary/aromatic N) is 8. The Hall–Kier alpha value is -5.29. The van der Waals surface area contributed by atoms with Crippen molar-refractivity contribution in [2.24, 2.45) is 0 Å². The minimum atomic E-state index is -1.12. The van der Waals surface area contributed by atoms with Crippen molar-refractivity contribution in [1.29, 1.82) is 0 Å². The standard InChI is InChI=1S/C23H33N5O3Si.C18H28BNO4.C11H17ClN4OSi/c1-23(2,3)31-22(29)24-13-17-7-9-18(10-8-17)20-19-14-27-28(21(19)26-15-25-20)16-30-11-12-32(4,5)6;1-16(2,3)22-15(21)20-12-13-8-10-14(11-9-13)19-23-17(4,5)18(6,7)24-19;1-18(2,3)5-4-17-8-16-11-9(6-15-16)10(12)13-7-14-11/h7-10,14-15H,11-13,16H2,1-6H3,(H,24,29);8-11H,12H2,1-7H3,(H,20,21);6-7H,4-5,8H2,1-3H3. The summed E-state index contributed by atoms with van der Waals surface area (Å²) < 4.78 is 37.5. The van der Waals surface area contributed by atoms with Gasteiger partial charge in [-0.25, -0.2) is 38.9 Å². The molecule has 22 heteroatoms. The minimum Gasteiger partial charge on any atom is -0.444 e. The fourth-order valence-corrected chi connectivity index (χ4v) is 8.45. The van der Waals surface area contributed by atoms with Crippen LogP contribution in [0.4, 0.5) is 9.59 Å². The molecule has 0 unspecified atom stereocenters. The third-order valence-corrected chi connectivity index (χ3v) is 15.4.